The molecule has 2 aliphatic rings. The first kappa shape index (κ1) is 17.9. The smallest absolute Gasteiger partial charge is 0.240 e. The van der Waals surface area contributed by atoms with Gasteiger partial charge in [-0.05, 0) is 19.3 Å². The zero-order valence-corrected chi connectivity index (χ0v) is 15.0. The topological polar surface area (TPSA) is 78.7 Å². The molecule has 1 aromatic rings. The molecule has 1 aromatic heterocycles. The Hall–Kier alpha value is -1.89. The van der Waals surface area contributed by atoms with Crippen LogP contribution in [0.1, 0.15) is 44.2 Å². The molecule has 0 radical (unpaired) electrons. The Labute approximate surface area is 148 Å². The highest BCUT2D eigenvalue weighted by atomic mass is 16.5. The van der Waals surface area contributed by atoms with Gasteiger partial charge in [-0.15, -0.1) is 0 Å². The average Bonchev–Trinajstić information content (AvgIpc) is 3.25. The molecule has 1 N–H and O–H groups in total. The van der Waals surface area contributed by atoms with E-state index < -0.39 is 0 Å². The van der Waals surface area contributed by atoms with Crippen molar-refractivity contribution < 1.29 is 14.1 Å². The van der Waals surface area contributed by atoms with Crippen molar-refractivity contribution in [1.29, 1.82) is 0 Å². The molecular weight excluding hydrogens is 320 g/mol. The second kappa shape index (κ2) is 8.47. The van der Waals surface area contributed by atoms with Gasteiger partial charge in [0.25, 0.3) is 0 Å². The average molecular weight is 348 g/mol. The molecule has 0 bridgehead atoms. The van der Waals surface area contributed by atoms with Crippen molar-refractivity contribution in [1.82, 2.24) is 15.0 Å². The summed E-state index contributed by atoms with van der Waals surface area (Å²) in [5.74, 6) is 1.29. The maximum atomic E-state index is 12.3. The molecule has 7 nitrogen and oxygen atoms in total. The first-order valence-electron chi connectivity index (χ1n) is 9.33. The highest BCUT2D eigenvalue weighted by molar-refractivity contribution is 5.91. The van der Waals surface area contributed by atoms with Gasteiger partial charge in [0.05, 0.1) is 12.2 Å². The molecule has 25 heavy (non-hydrogen) atoms. The number of carbonyl (C=O) groups is 2. The van der Waals surface area contributed by atoms with Crippen LogP contribution in [0, 0.1) is 12.8 Å². The molecule has 7 heteroatoms. The Morgan fingerprint density at radius 1 is 1.24 bits per heavy atom. The Morgan fingerprint density at radius 3 is 2.60 bits per heavy atom. The molecule has 1 saturated carbocycles. The second-order valence-corrected chi connectivity index (χ2v) is 7.23. The van der Waals surface area contributed by atoms with E-state index in [0.29, 0.717) is 31.9 Å². The molecule has 1 aliphatic carbocycles. The van der Waals surface area contributed by atoms with Gasteiger partial charge in [0.2, 0.25) is 17.7 Å². The number of carbonyl (C=O) groups excluding carboxylic acids is 2. The molecule has 0 aromatic carbocycles. The van der Waals surface area contributed by atoms with Crippen molar-refractivity contribution >= 4 is 17.7 Å². The quantitative estimate of drug-likeness (QED) is 0.851. The number of hydrogen-bond donors (Lipinski definition) is 1. The van der Waals surface area contributed by atoms with Crippen LogP contribution in [0.4, 0.5) is 5.88 Å². The van der Waals surface area contributed by atoms with E-state index in [4.69, 9.17) is 4.52 Å². The molecule has 1 saturated heterocycles. The molecule has 1 aliphatic heterocycles. The third kappa shape index (κ3) is 5.29. The summed E-state index contributed by atoms with van der Waals surface area (Å²) >= 11 is 0. The van der Waals surface area contributed by atoms with Crippen molar-refractivity contribution in [3.8, 4) is 0 Å². The van der Waals surface area contributed by atoms with E-state index >= 15 is 0 Å². The van der Waals surface area contributed by atoms with Crippen molar-refractivity contribution in [3.05, 3.63) is 11.8 Å². The van der Waals surface area contributed by atoms with Gasteiger partial charge in [-0.3, -0.25) is 19.8 Å². The number of aromatic nitrogens is 1. The summed E-state index contributed by atoms with van der Waals surface area (Å²) < 4.78 is 4.99. The molecule has 0 atom stereocenters. The van der Waals surface area contributed by atoms with E-state index in [9.17, 15) is 9.59 Å². The lowest BCUT2D eigenvalue weighted by atomic mass is 10.0. The lowest BCUT2D eigenvalue weighted by Crippen LogP contribution is -2.50. The first-order valence-corrected chi connectivity index (χ1v) is 9.33. The number of nitrogens with zero attached hydrogens (tertiary/aromatic N) is 3. The summed E-state index contributed by atoms with van der Waals surface area (Å²) in [6.45, 7) is 5.00. The fourth-order valence-electron chi connectivity index (χ4n) is 3.74. The lowest BCUT2D eigenvalue weighted by molar-refractivity contribution is -0.133. The zero-order valence-electron chi connectivity index (χ0n) is 15.0. The van der Waals surface area contributed by atoms with Crippen LogP contribution in [0.5, 0.6) is 0 Å². The molecule has 3 rings (SSSR count). The third-order valence-electron chi connectivity index (χ3n) is 5.22. The fourth-order valence-corrected chi connectivity index (χ4v) is 3.74. The van der Waals surface area contributed by atoms with Crippen LogP contribution in [0.15, 0.2) is 10.6 Å². The number of anilines is 1. The monoisotopic (exact) mass is 348 g/mol. The van der Waals surface area contributed by atoms with E-state index in [2.05, 4.69) is 15.4 Å². The van der Waals surface area contributed by atoms with Crippen LogP contribution in [-0.2, 0) is 9.59 Å². The van der Waals surface area contributed by atoms with Gasteiger partial charge in [0.15, 0.2) is 0 Å². The minimum absolute atomic E-state index is 0.114. The fraction of sp³-hybridized carbons (Fsp3) is 0.722. The standard InChI is InChI=1S/C18H28N4O3/c1-14-12-17(25-20-14)19-16(23)13-21-8-10-22(11-9-21)18(24)7-6-15-4-2-3-5-15/h12,15H,2-11,13H2,1H3,(H,19,23). The van der Waals surface area contributed by atoms with Crippen LogP contribution in [0.3, 0.4) is 0 Å². The van der Waals surface area contributed by atoms with Crippen molar-refractivity contribution in [3.63, 3.8) is 0 Å². The molecule has 0 spiro atoms. The lowest BCUT2D eigenvalue weighted by Gasteiger charge is -2.34. The molecule has 138 valence electrons. The summed E-state index contributed by atoms with van der Waals surface area (Å²) in [5.41, 5.74) is 0.736. The summed E-state index contributed by atoms with van der Waals surface area (Å²) in [6.07, 6.45) is 6.95. The normalized spacial score (nSPS) is 19.3. The zero-order chi connectivity index (χ0) is 17.6. The number of amides is 2. The number of piperazine rings is 1. The van der Waals surface area contributed by atoms with Gasteiger partial charge in [-0.2, -0.15) is 0 Å². The van der Waals surface area contributed by atoms with Crippen LogP contribution in [0.25, 0.3) is 0 Å². The molecule has 2 heterocycles. The molecule has 2 fully saturated rings. The van der Waals surface area contributed by atoms with Crippen LogP contribution in [0.2, 0.25) is 0 Å². The Morgan fingerprint density at radius 2 is 1.96 bits per heavy atom. The molecule has 2 amide bonds. The van der Waals surface area contributed by atoms with Gasteiger partial charge < -0.3 is 9.42 Å². The Kier molecular flexibility index (Phi) is 6.07. The van der Waals surface area contributed by atoms with Crippen LogP contribution >= 0.6 is 0 Å². The summed E-state index contributed by atoms with van der Waals surface area (Å²) in [5, 5.41) is 6.45. The number of hydrogen-bond acceptors (Lipinski definition) is 5. The van der Waals surface area contributed by atoms with Crippen LogP contribution in [-0.4, -0.2) is 59.5 Å². The highest BCUT2D eigenvalue weighted by Crippen LogP contribution is 2.28. The van der Waals surface area contributed by atoms with Gasteiger partial charge in [0, 0.05) is 38.7 Å². The second-order valence-electron chi connectivity index (χ2n) is 7.23. The van der Waals surface area contributed by atoms with Crippen molar-refractivity contribution in [2.45, 2.75) is 45.4 Å². The third-order valence-corrected chi connectivity index (χ3v) is 5.22. The van der Waals surface area contributed by atoms with E-state index in [0.717, 1.165) is 31.1 Å². The SMILES string of the molecule is Cc1cc(NC(=O)CN2CCN(C(=O)CCC3CCCC3)CC2)on1. The predicted octanol–water partition coefficient (Wildman–Crippen LogP) is 2.04. The van der Waals surface area contributed by atoms with E-state index in [1.54, 1.807) is 6.07 Å². The van der Waals surface area contributed by atoms with Gasteiger partial charge in [0.1, 0.15) is 0 Å². The molecular formula is C18H28N4O3. The van der Waals surface area contributed by atoms with Crippen molar-refractivity contribution in [2.24, 2.45) is 5.92 Å². The predicted molar refractivity (Wildman–Crippen MR) is 94.1 cm³/mol. The number of rotatable bonds is 6. The van der Waals surface area contributed by atoms with E-state index in [1.165, 1.54) is 25.7 Å². The summed E-state index contributed by atoms with van der Waals surface area (Å²) in [7, 11) is 0. The largest absolute Gasteiger partial charge is 0.340 e. The Bertz CT molecular complexity index is 587. The highest BCUT2D eigenvalue weighted by Gasteiger charge is 2.24. The van der Waals surface area contributed by atoms with Gasteiger partial charge >= 0.3 is 0 Å². The van der Waals surface area contributed by atoms with E-state index in [-0.39, 0.29) is 11.8 Å². The van der Waals surface area contributed by atoms with E-state index in [1.807, 2.05) is 11.8 Å². The summed E-state index contributed by atoms with van der Waals surface area (Å²) in [4.78, 5) is 28.4. The van der Waals surface area contributed by atoms with Gasteiger partial charge in [-0.25, -0.2) is 0 Å². The maximum absolute atomic E-state index is 12.3. The van der Waals surface area contributed by atoms with Crippen LogP contribution < -0.4 is 5.32 Å². The minimum atomic E-state index is -0.114. The molecule has 0 unspecified atom stereocenters. The maximum Gasteiger partial charge on any atom is 0.240 e. The summed E-state index contributed by atoms with van der Waals surface area (Å²) in [6, 6.07) is 1.69. The minimum Gasteiger partial charge on any atom is -0.340 e. The first-order chi connectivity index (χ1) is 12.1. The van der Waals surface area contributed by atoms with Crippen molar-refractivity contribution in [2.75, 3.05) is 38.0 Å². The van der Waals surface area contributed by atoms with Gasteiger partial charge in [-0.1, -0.05) is 30.8 Å². The number of aryl methyl sites for hydroxylation is 1. The number of nitrogens with one attached hydrogen (secondary N) is 1. The Balaban J connectivity index is 1.34.